The van der Waals surface area contributed by atoms with Crippen LogP contribution in [0.15, 0.2) is 12.2 Å². The van der Waals surface area contributed by atoms with E-state index < -0.39 is 0 Å². The first kappa shape index (κ1) is 10.2. The molecular weight excluding hydrogens is 172 g/mol. The number of hydrogen-bond donors (Lipinski definition) is 1. The molecule has 2 unspecified atom stereocenters. The number of aliphatic hydroxyl groups is 1. The molecule has 2 aliphatic rings. The summed E-state index contributed by atoms with van der Waals surface area (Å²) in [6.07, 6.45) is 15.5. The van der Waals surface area contributed by atoms with Gasteiger partial charge in [-0.15, -0.1) is 0 Å². The summed E-state index contributed by atoms with van der Waals surface area (Å²) in [7, 11) is 0. The molecule has 2 atom stereocenters. The zero-order valence-corrected chi connectivity index (χ0v) is 9.04. The van der Waals surface area contributed by atoms with Crippen LogP contribution in [0, 0.1) is 11.3 Å². The molecule has 2 bridgehead atoms. The van der Waals surface area contributed by atoms with E-state index in [2.05, 4.69) is 12.2 Å². The molecule has 0 saturated heterocycles. The van der Waals surface area contributed by atoms with Gasteiger partial charge in [0.15, 0.2) is 0 Å². The van der Waals surface area contributed by atoms with Crippen LogP contribution < -0.4 is 0 Å². The molecule has 0 aromatic heterocycles. The van der Waals surface area contributed by atoms with Crippen molar-refractivity contribution in [1.82, 2.24) is 0 Å². The topological polar surface area (TPSA) is 20.2 Å². The number of hydrogen-bond acceptors (Lipinski definition) is 1. The first-order valence-corrected chi connectivity index (χ1v) is 6.15. The molecule has 0 aromatic carbocycles. The van der Waals surface area contributed by atoms with Gasteiger partial charge in [-0.1, -0.05) is 31.4 Å². The molecule has 0 amide bonds. The van der Waals surface area contributed by atoms with Gasteiger partial charge in [0.25, 0.3) is 0 Å². The predicted octanol–water partition coefficient (Wildman–Crippen LogP) is 3.29. The van der Waals surface area contributed by atoms with Crippen LogP contribution in [-0.4, -0.2) is 11.7 Å². The fraction of sp³-hybridized carbons (Fsp3) is 0.846. The van der Waals surface area contributed by atoms with Crippen molar-refractivity contribution in [2.24, 2.45) is 11.3 Å². The van der Waals surface area contributed by atoms with Crippen molar-refractivity contribution in [3.8, 4) is 0 Å². The zero-order chi connectivity index (χ0) is 9.86. The summed E-state index contributed by atoms with van der Waals surface area (Å²) in [6, 6.07) is 0. The number of unbranched alkanes of at least 4 members (excludes halogenated alkanes) is 3. The Hall–Kier alpha value is -0.300. The van der Waals surface area contributed by atoms with Crippen molar-refractivity contribution in [1.29, 1.82) is 0 Å². The van der Waals surface area contributed by atoms with E-state index in [1.807, 2.05) is 0 Å². The fourth-order valence-corrected chi connectivity index (χ4v) is 3.11. The van der Waals surface area contributed by atoms with Crippen molar-refractivity contribution < 1.29 is 5.11 Å². The smallest absolute Gasteiger partial charge is 0.0431 e. The molecule has 0 aliphatic heterocycles. The molecule has 1 N–H and O–H groups in total. The summed E-state index contributed by atoms with van der Waals surface area (Å²) in [6.45, 7) is 0.368. The van der Waals surface area contributed by atoms with Gasteiger partial charge >= 0.3 is 0 Å². The summed E-state index contributed by atoms with van der Waals surface area (Å²) in [5.74, 6) is 0.924. The quantitative estimate of drug-likeness (QED) is 0.508. The van der Waals surface area contributed by atoms with Crippen LogP contribution in [0.5, 0.6) is 0 Å². The lowest BCUT2D eigenvalue weighted by atomic mass is 9.82. The van der Waals surface area contributed by atoms with E-state index in [0.29, 0.717) is 12.0 Å². The highest BCUT2D eigenvalue weighted by Gasteiger charge is 2.39. The monoisotopic (exact) mass is 194 g/mol. The maximum absolute atomic E-state index is 8.67. The molecule has 0 radical (unpaired) electrons. The molecule has 14 heavy (non-hydrogen) atoms. The molecule has 1 saturated carbocycles. The van der Waals surface area contributed by atoms with E-state index in [-0.39, 0.29) is 0 Å². The van der Waals surface area contributed by atoms with E-state index in [4.69, 9.17) is 5.11 Å². The van der Waals surface area contributed by atoms with Crippen LogP contribution in [-0.2, 0) is 0 Å². The van der Waals surface area contributed by atoms with Crippen LogP contribution in [0.1, 0.15) is 51.4 Å². The summed E-state index contributed by atoms with van der Waals surface area (Å²) >= 11 is 0. The highest BCUT2D eigenvalue weighted by Crippen LogP contribution is 2.51. The highest BCUT2D eigenvalue weighted by molar-refractivity contribution is 5.15. The van der Waals surface area contributed by atoms with Crippen molar-refractivity contribution in [3.63, 3.8) is 0 Å². The van der Waals surface area contributed by atoms with E-state index in [0.717, 1.165) is 12.3 Å². The van der Waals surface area contributed by atoms with Crippen LogP contribution in [0.2, 0.25) is 0 Å². The van der Waals surface area contributed by atoms with Gasteiger partial charge in [-0.05, 0) is 43.4 Å². The first-order chi connectivity index (χ1) is 6.85. The minimum absolute atomic E-state index is 0.368. The average molecular weight is 194 g/mol. The average Bonchev–Trinajstić information content (AvgIpc) is 2.77. The third kappa shape index (κ3) is 2.20. The Morgan fingerprint density at radius 2 is 2.07 bits per heavy atom. The molecule has 0 aromatic rings. The molecule has 80 valence electrons. The third-order valence-electron chi connectivity index (χ3n) is 3.99. The van der Waals surface area contributed by atoms with E-state index >= 15 is 0 Å². The molecule has 0 heterocycles. The van der Waals surface area contributed by atoms with E-state index in [1.54, 1.807) is 0 Å². The van der Waals surface area contributed by atoms with Gasteiger partial charge in [0, 0.05) is 6.61 Å². The minimum Gasteiger partial charge on any atom is -0.396 e. The number of fused-ring (bicyclic) bond motifs is 2. The van der Waals surface area contributed by atoms with Crippen LogP contribution in [0.4, 0.5) is 0 Å². The van der Waals surface area contributed by atoms with Crippen molar-refractivity contribution in [2.45, 2.75) is 51.4 Å². The Labute approximate surface area is 87.2 Å². The summed E-state index contributed by atoms with van der Waals surface area (Å²) in [4.78, 5) is 0. The SMILES string of the molecule is OCCCCCCC12C=CC(CC1)C2. The van der Waals surface area contributed by atoms with Gasteiger partial charge in [-0.25, -0.2) is 0 Å². The van der Waals surface area contributed by atoms with Gasteiger partial charge in [-0.3, -0.25) is 0 Å². The van der Waals surface area contributed by atoms with Gasteiger partial charge in [0.2, 0.25) is 0 Å². The molecule has 0 spiro atoms. The maximum Gasteiger partial charge on any atom is 0.0431 e. The molecule has 1 heteroatoms. The molecular formula is C13H22O. The summed E-state index contributed by atoms with van der Waals surface area (Å²) in [5.41, 5.74) is 0.615. The second-order valence-electron chi connectivity index (χ2n) is 5.11. The normalized spacial score (nSPS) is 34.2. The fourth-order valence-electron chi connectivity index (χ4n) is 3.11. The van der Waals surface area contributed by atoms with Crippen LogP contribution >= 0.6 is 0 Å². The Bertz CT molecular complexity index is 209. The Morgan fingerprint density at radius 1 is 1.21 bits per heavy atom. The Morgan fingerprint density at radius 3 is 2.64 bits per heavy atom. The van der Waals surface area contributed by atoms with Crippen LogP contribution in [0.25, 0.3) is 0 Å². The molecule has 2 aliphatic carbocycles. The Kier molecular flexibility index (Phi) is 3.27. The lowest BCUT2D eigenvalue weighted by molar-refractivity contribution is 0.279. The predicted molar refractivity (Wildman–Crippen MR) is 59.1 cm³/mol. The van der Waals surface area contributed by atoms with Crippen molar-refractivity contribution in [3.05, 3.63) is 12.2 Å². The summed E-state index contributed by atoms with van der Waals surface area (Å²) in [5, 5.41) is 8.67. The lowest BCUT2D eigenvalue weighted by Gasteiger charge is -2.23. The van der Waals surface area contributed by atoms with Crippen molar-refractivity contribution >= 4 is 0 Å². The lowest BCUT2D eigenvalue weighted by Crippen LogP contribution is -2.10. The second kappa shape index (κ2) is 4.48. The van der Waals surface area contributed by atoms with E-state index in [1.165, 1.54) is 44.9 Å². The number of allylic oxidation sites excluding steroid dienone is 2. The van der Waals surface area contributed by atoms with Gasteiger partial charge in [-0.2, -0.15) is 0 Å². The van der Waals surface area contributed by atoms with Gasteiger partial charge in [0.05, 0.1) is 0 Å². The summed E-state index contributed by atoms with van der Waals surface area (Å²) < 4.78 is 0. The molecule has 1 nitrogen and oxygen atoms in total. The van der Waals surface area contributed by atoms with Crippen LogP contribution in [0.3, 0.4) is 0 Å². The maximum atomic E-state index is 8.67. The van der Waals surface area contributed by atoms with Gasteiger partial charge in [0.1, 0.15) is 0 Å². The van der Waals surface area contributed by atoms with Crippen molar-refractivity contribution in [2.75, 3.05) is 6.61 Å². The molecule has 1 fully saturated rings. The van der Waals surface area contributed by atoms with E-state index in [9.17, 15) is 0 Å². The number of aliphatic hydroxyl groups excluding tert-OH is 1. The molecule has 2 rings (SSSR count). The zero-order valence-electron chi connectivity index (χ0n) is 9.04. The number of rotatable bonds is 6. The Balaban J connectivity index is 1.63. The third-order valence-corrected chi connectivity index (χ3v) is 3.99. The highest BCUT2D eigenvalue weighted by atomic mass is 16.2. The minimum atomic E-state index is 0.368. The largest absolute Gasteiger partial charge is 0.396 e. The van der Waals surface area contributed by atoms with Gasteiger partial charge < -0.3 is 5.11 Å². The first-order valence-electron chi connectivity index (χ1n) is 6.15. The standard InChI is InChI=1S/C13H22O/c14-10-4-2-1-3-7-13-8-5-12(11-13)6-9-13/h5,8,12,14H,1-4,6-7,9-11H2. The second-order valence-corrected chi connectivity index (χ2v) is 5.11.